The van der Waals surface area contributed by atoms with Crippen LogP contribution in [-0.4, -0.2) is 22.9 Å². The molecule has 0 heterocycles. The average Bonchev–Trinajstić information content (AvgIpc) is 2.20. The number of anilines is 1. The molecule has 0 saturated heterocycles. The van der Waals surface area contributed by atoms with Gasteiger partial charge in [-0.3, -0.25) is 9.59 Å². The molecule has 0 unspecified atom stereocenters. The Bertz CT molecular complexity index is 473. The van der Waals surface area contributed by atoms with Gasteiger partial charge in [0, 0.05) is 5.02 Å². The maximum atomic E-state index is 11.0. The third kappa shape index (κ3) is 2.71. The highest BCUT2D eigenvalue weighted by molar-refractivity contribution is 6.39. The number of carboxylic acids is 1. The van der Waals surface area contributed by atoms with Gasteiger partial charge < -0.3 is 16.2 Å². The highest BCUT2D eigenvalue weighted by Crippen LogP contribution is 2.20. The van der Waals surface area contributed by atoms with Crippen LogP contribution in [-0.2, 0) is 9.59 Å². The molecule has 6 nitrogen and oxygen atoms in total. The van der Waals surface area contributed by atoms with Crippen LogP contribution in [0.1, 0.15) is 10.4 Å². The van der Waals surface area contributed by atoms with Crippen LogP contribution >= 0.6 is 11.6 Å². The molecule has 7 heteroatoms. The number of carbonyl (C=O) groups excluding carboxylic acids is 2. The lowest BCUT2D eigenvalue weighted by Gasteiger charge is -2.06. The fraction of sp³-hybridized carbons (Fsp3) is 0. The molecule has 1 rings (SSSR count). The first-order chi connectivity index (χ1) is 7.41. The fourth-order valence-corrected chi connectivity index (χ4v) is 1.16. The Hall–Kier alpha value is -2.08. The van der Waals surface area contributed by atoms with E-state index in [1.54, 1.807) is 0 Å². The van der Waals surface area contributed by atoms with Crippen molar-refractivity contribution in [3.8, 4) is 0 Å². The van der Waals surface area contributed by atoms with Crippen molar-refractivity contribution in [2.24, 2.45) is 5.73 Å². The number of rotatable bonds is 2. The zero-order valence-electron chi connectivity index (χ0n) is 7.86. The molecule has 0 aliphatic rings. The van der Waals surface area contributed by atoms with E-state index in [-0.39, 0.29) is 16.3 Å². The Morgan fingerprint density at radius 1 is 1.31 bits per heavy atom. The van der Waals surface area contributed by atoms with Crippen molar-refractivity contribution in [3.63, 3.8) is 0 Å². The molecular formula is C9H7ClN2O4. The molecule has 0 spiro atoms. The minimum Gasteiger partial charge on any atom is -0.478 e. The number of carbonyl (C=O) groups is 3. The van der Waals surface area contributed by atoms with Crippen LogP contribution < -0.4 is 11.1 Å². The number of amides is 2. The molecule has 0 aromatic heterocycles. The lowest BCUT2D eigenvalue weighted by molar-refractivity contribution is -0.134. The normalized spacial score (nSPS) is 9.56. The number of aromatic carboxylic acids is 1. The number of nitrogens with two attached hydrogens (primary N) is 1. The minimum atomic E-state index is -1.28. The van der Waals surface area contributed by atoms with Crippen molar-refractivity contribution < 1.29 is 19.5 Å². The topological polar surface area (TPSA) is 109 Å². The SMILES string of the molecule is NC(=O)C(=O)Nc1ccc(Cl)cc1C(=O)O. The second-order valence-corrected chi connectivity index (χ2v) is 3.25. The van der Waals surface area contributed by atoms with E-state index < -0.39 is 17.8 Å². The Morgan fingerprint density at radius 2 is 1.94 bits per heavy atom. The molecule has 84 valence electrons. The number of carboxylic acid groups (broad SMARTS) is 1. The van der Waals surface area contributed by atoms with Gasteiger partial charge in [0.05, 0.1) is 11.3 Å². The van der Waals surface area contributed by atoms with Crippen molar-refractivity contribution >= 4 is 35.1 Å². The van der Waals surface area contributed by atoms with Crippen molar-refractivity contribution in [1.29, 1.82) is 0 Å². The molecule has 0 fully saturated rings. The lowest BCUT2D eigenvalue weighted by atomic mass is 10.2. The smallest absolute Gasteiger partial charge is 0.337 e. The number of hydrogen-bond donors (Lipinski definition) is 3. The van der Waals surface area contributed by atoms with Gasteiger partial charge >= 0.3 is 17.8 Å². The second-order valence-electron chi connectivity index (χ2n) is 2.81. The molecule has 1 aromatic rings. The summed E-state index contributed by atoms with van der Waals surface area (Å²) >= 11 is 5.59. The predicted octanol–water partition coefficient (Wildman–Crippen LogP) is 0.462. The molecule has 1 aromatic carbocycles. The van der Waals surface area contributed by atoms with Crippen LogP contribution in [0.15, 0.2) is 18.2 Å². The maximum Gasteiger partial charge on any atom is 0.337 e. The van der Waals surface area contributed by atoms with E-state index in [1.807, 2.05) is 0 Å². The summed E-state index contributed by atoms with van der Waals surface area (Å²) in [6.07, 6.45) is 0. The highest BCUT2D eigenvalue weighted by Gasteiger charge is 2.15. The molecule has 2 amide bonds. The number of benzene rings is 1. The van der Waals surface area contributed by atoms with Crippen molar-refractivity contribution in [2.75, 3.05) is 5.32 Å². The van der Waals surface area contributed by atoms with Gasteiger partial charge in [-0.05, 0) is 18.2 Å². The van der Waals surface area contributed by atoms with Gasteiger partial charge in [-0.25, -0.2) is 4.79 Å². The van der Waals surface area contributed by atoms with E-state index in [0.29, 0.717) is 0 Å². The van der Waals surface area contributed by atoms with Gasteiger partial charge in [0.1, 0.15) is 0 Å². The summed E-state index contributed by atoms with van der Waals surface area (Å²) in [7, 11) is 0. The summed E-state index contributed by atoms with van der Waals surface area (Å²) in [5, 5.41) is 11.1. The number of hydrogen-bond acceptors (Lipinski definition) is 3. The number of halogens is 1. The van der Waals surface area contributed by atoms with Gasteiger partial charge in [-0.1, -0.05) is 11.6 Å². The predicted molar refractivity (Wildman–Crippen MR) is 56.2 cm³/mol. The summed E-state index contributed by atoms with van der Waals surface area (Å²) < 4.78 is 0. The van der Waals surface area contributed by atoms with Crippen molar-refractivity contribution in [2.45, 2.75) is 0 Å². The van der Waals surface area contributed by atoms with Crippen molar-refractivity contribution in [3.05, 3.63) is 28.8 Å². The van der Waals surface area contributed by atoms with E-state index in [4.69, 9.17) is 22.4 Å². The molecule has 4 N–H and O–H groups in total. The largest absolute Gasteiger partial charge is 0.478 e. The zero-order valence-corrected chi connectivity index (χ0v) is 8.62. The molecule has 0 saturated carbocycles. The van der Waals surface area contributed by atoms with Gasteiger partial charge in [0.25, 0.3) is 0 Å². The third-order valence-corrected chi connectivity index (χ3v) is 1.92. The van der Waals surface area contributed by atoms with Crippen molar-refractivity contribution in [1.82, 2.24) is 0 Å². The first kappa shape index (κ1) is 12.0. The Labute approximate surface area is 95.0 Å². The fourth-order valence-electron chi connectivity index (χ4n) is 0.986. The van der Waals surface area contributed by atoms with Crippen LogP contribution in [0.5, 0.6) is 0 Å². The Kier molecular flexibility index (Phi) is 3.47. The van der Waals surface area contributed by atoms with E-state index in [2.05, 4.69) is 5.32 Å². The van der Waals surface area contributed by atoms with Crippen LogP contribution in [0.2, 0.25) is 5.02 Å². The standard InChI is InChI=1S/C9H7ClN2O4/c10-4-1-2-6(5(3-4)9(15)16)12-8(14)7(11)13/h1-3H,(H2,11,13)(H,12,14)(H,15,16). The molecule has 0 atom stereocenters. The summed E-state index contributed by atoms with van der Waals surface area (Å²) in [6.45, 7) is 0. The van der Waals surface area contributed by atoms with Crippen LogP contribution in [0.25, 0.3) is 0 Å². The zero-order chi connectivity index (χ0) is 12.3. The summed E-state index contributed by atoms with van der Waals surface area (Å²) in [6, 6.07) is 3.80. The average molecular weight is 243 g/mol. The van der Waals surface area contributed by atoms with E-state index in [9.17, 15) is 14.4 Å². The van der Waals surface area contributed by atoms with Gasteiger partial charge in [-0.15, -0.1) is 0 Å². The van der Waals surface area contributed by atoms with Crippen LogP contribution in [0.3, 0.4) is 0 Å². The molecule has 16 heavy (non-hydrogen) atoms. The monoisotopic (exact) mass is 242 g/mol. The van der Waals surface area contributed by atoms with Gasteiger partial charge in [0.2, 0.25) is 0 Å². The molecular weight excluding hydrogens is 236 g/mol. The number of nitrogens with one attached hydrogen (secondary N) is 1. The molecule has 0 aliphatic carbocycles. The first-order valence-corrected chi connectivity index (χ1v) is 4.43. The lowest BCUT2D eigenvalue weighted by Crippen LogP contribution is -2.30. The van der Waals surface area contributed by atoms with E-state index in [0.717, 1.165) is 6.07 Å². The summed E-state index contributed by atoms with van der Waals surface area (Å²) in [5.74, 6) is -3.57. The first-order valence-electron chi connectivity index (χ1n) is 4.05. The minimum absolute atomic E-state index is 0.0410. The van der Waals surface area contributed by atoms with Crippen LogP contribution in [0, 0.1) is 0 Å². The Balaban J connectivity index is 3.09. The summed E-state index contributed by atoms with van der Waals surface area (Å²) in [5.41, 5.74) is 4.45. The second kappa shape index (κ2) is 4.63. The number of primary amides is 1. The van der Waals surface area contributed by atoms with Crippen LogP contribution in [0.4, 0.5) is 5.69 Å². The van der Waals surface area contributed by atoms with Gasteiger partial charge in [-0.2, -0.15) is 0 Å². The molecule has 0 aliphatic heterocycles. The Morgan fingerprint density at radius 3 is 2.44 bits per heavy atom. The molecule has 0 bridgehead atoms. The van der Waals surface area contributed by atoms with E-state index >= 15 is 0 Å². The third-order valence-electron chi connectivity index (χ3n) is 1.68. The molecule has 0 radical (unpaired) electrons. The highest BCUT2D eigenvalue weighted by atomic mass is 35.5. The maximum absolute atomic E-state index is 11.0. The summed E-state index contributed by atoms with van der Waals surface area (Å²) in [4.78, 5) is 32.2. The quantitative estimate of drug-likeness (QED) is 0.655. The van der Waals surface area contributed by atoms with Gasteiger partial charge in [0.15, 0.2) is 0 Å². The van der Waals surface area contributed by atoms with E-state index in [1.165, 1.54) is 12.1 Å².